The average molecular weight is 411 g/mol. The van der Waals surface area contributed by atoms with E-state index in [9.17, 15) is 9.59 Å². The number of benzene rings is 2. The van der Waals surface area contributed by atoms with E-state index in [4.69, 9.17) is 11.6 Å². The van der Waals surface area contributed by atoms with Gasteiger partial charge in [0.15, 0.2) is 0 Å². The van der Waals surface area contributed by atoms with E-state index in [1.165, 1.54) is 11.0 Å². The molecule has 1 aliphatic rings. The normalized spacial score (nSPS) is 16.8. The molecule has 4 rings (SSSR count). The zero-order valence-corrected chi connectivity index (χ0v) is 17.0. The molecule has 0 radical (unpaired) electrons. The van der Waals surface area contributed by atoms with Gasteiger partial charge in [-0.25, -0.2) is 4.79 Å². The number of aromatic nitrogens is 2. The van der Waals surface area contributed by atoms with Crippen molar-refractivity contribution in [2.24, 2.45) is 5.92 Å². The number of carbonyl (C=O) groups excluding carboxylic acids is 1. The lowest BCUT2D eigenvalue weighted by atomic mass is 10.00. The number of para-hydroxylation sites is 1. The fourth-order valence-electron chi connectivity index (χ4n) is 3.87. The van der Waals surface area contributed by atoms with Gasteiger partial charge in [-0.1, -0.05) is 30.7 Å². The molecule has 0 aliphatic carbocycles. The second kappa shape index (κ2) is 8.25. The van der Waals surface area contributed by atoms with Crippen molar-refractivity contribution in [1.29, 1.82) is 0 Å². The number of fused-ring (bicyclic) bond motifs is 1. The predicted octanol–water partition coefficient (Wildman–Crippen LogP) is 3.92. The Kier molecular flexibility index (Phi) is 5.53. The number of amides is 1. The van der Waals surface area contributed by atoms with Gasteiger partial charge < -0.3 is 10.2 Å². The number of rotatable bonds is 4. The highest BCUT2D eigenvalue weighted by Crippen LogP contribution is 2.27. The molecular weight excluding hydrogens is 388 g/mol. The second-order valence-electron chi connectivity index (χ2n) is 7.57. The molecule has 29 heavy (non-hydrogen) atoms. The van der Waals surface area contributed by atoms with Crippen LogP contribution in [0.1, 0.15) is 19.8 Å². The van der Waals surface area contributed by atoms with E-state index >= 15 is 0 Å². The summed E-state index contributed by atoms with van der Waals surface area (Å²) < 4.78 is 1.43. The number of hydrogen-bond donors (Lipinski definition) is 1. The Morgan fingerprint density at radius 3 is 2.72 bits per heavy atom. The maximum Gasteiger partial charge on any atom is 0.350 e. The van der Waals surface area contributed by atoms with Gasteiger partial charge in [-0.15, -0.1) is 0 Å². The molecule has 1 unspecified atom stereocenters. The smallest absolute Gasteiger partial charge is 0.350 e. The van der Waals surface area contributed by atoms with Gasteiger partial charge in [0.05, 0.1) is 5.52 Å². The van der Waals surface area contributed by atoms with Gasteiger partial charge in [-0.2, -0.15) is 4.98 Å². The SMILES string of the molecule is CC1CCCN(c2nc(=O)n(CC(=O)Nc3ccc(Cl)cc3)c3ccccc23)C1. The highest BCUT2D eigenvalue weighted by molar-refractivity contribution is 6.30. The van der Waals surface area contributed by atoms with Crippen LogP contribution in [0.3, 0.4) is 0 Å². The quantitative estimate of drug-likeness (QED) is 0.707. The van der Waals surface area contributed by atoms with Crippen LogP contribution in [0.4, 0.5) is 11.5 Å². The third-order valence-electron chi connectivity index (χ3n) is 5.25. The largest absolute Gasteiger partial charge is 0.356 e. The zero-order chi connectivity index (χ0) is 20.4. The summed E-state index contributed by atoms with van der Waals surface area (Å²) in [6.45, 7) is 3.89. The second-order valence-corrected chi connectivity index (χ2v) is 8.01. The topological polar surface area (TPSA) is 67.2 Å². The standard InChI is InChI=1S/C22H23ClN4O2/c1-15-5-4-12-26(13-15)21-18-6-2-3-7-19(18)27(22(29)25-21)14-20(28)24-17-10-8-16(23)9-11-17/h2-3,6-11,15H,4-5,12-14H2,1H3,(H,24,28). The molecule has 3 aromatic rings. The van der Waals surface area contributed by atoms with Gasteiger partial charge in [-0.3, -0.25) is 9.36 Å². The maximum atomic E-state index is 12.8. The number of hydrogen-bond acceptors (Lipinski definition) is 4. The summed E-state index contributed by atoms with van der Waals surface area (Å²) in [6, 6.07) is 14.5. The van der Waals surface area contributed by atoms with Gasteiger partial charge in [-0.05, 0) is 55.2 Å². The molecule has 1 aromatic heterocycles. The molecule has 1 amide bonds. The minimum absolute atomic E-state index is 0.106. The summed E-state index contributed by atoms with van der Waals surface area (Å²) in [7, 11) is 0. The summed E-state index contributed by atoms with van der Waals surface area (Å²) in [6.07, 6.45) is 2.28. The first-order valence-electron chi connectivity index (χ1n) is 9.81. The minimum Gasteiger partial charge on any atom is -0.356 e. The van der Waals surface area contributed by atoms with E-state index in [-0.39, 0.29) is 12.5 Å². The van der Waals surface area contributed by atoms with E-state index < -0.39 is 5.69 Å². The van der Waals surface area contributed by atoms with Crippen molar-refractivity contribution in [2.75, 3.05) is 23.3 Å². The molecule has 1 atom stereocenters. The molecule has 2 heterocycles. The lowest BCUT2D eigenvalue weighted by Crippen LogP contribution is -2.38. The predicted molar refractivity (Wildman–Crippen MR) is 117 cm³/mol. The molecule has 1 fully saturated rings. The summed E-state index contributed by atoms with van der Waals surface area (Å²) in [5.74, 6) is 0.990. The van der Waals surface area contributed by atoms with Crippen molar-refractivity contribution in [3.8, 4) is 0 Å². The number of anilines is 2. The number of nitrogens with one attached hydrogen (secondary N) is 1. The third-order valence-corrected chi connectivity index (χ3v) is 5.51. The van der Waals surface area contributed by atoms with Gasteiger partial charge in [0.25, 0.3) is 0 Å². The first kappa shape index (κ1) is 19.5. The molecule has 1 N–H and O–H groups in total. The summed E-state index contributed by atoms with van der Waals surface area (Å²) >= 11 is 5.88. The Bertz CT molecular complexity index is 1090. The fourth-order valence-corrected chi connectivity index (χ4v) is 3.99. The average Bonchev–Trinajstić information content (AvgIpc) is 2.71. The molecule has 1 saturated heterocycles. The van der Waals surface area contributed by atoms with Gasteiger partial charge in [0, 0.05) is 29.2 Å². The molecule has 6 nitrogen and oxygen atoms in total. The van der Waals surface area contributed by atoms with Crippen molar-refractivity contribution >= 4 is 39.9 Å². The monoisotopic (exact) mass is 410 g/mol. The van der Waals surface area contributed by atoms with Crippen LogP contribution in [0.15, 0.2) is 53.3 Å². The number of piperidine rings is 1. The van der Waals surface area contributed by atoms with E-state index in [1.807, 2.05) is 24.3 Å². The Morgan fingerprint density at radius 2 is 1.97 bits per heavy atom. The number of halogens is 1. The Labute approximate surface area is 174 Å². The number of nitrogens with zero attached hydrogens (tertiary/aromatic N) is 3. The minimum atomic E-state index is -0.414. The molecule has 0 spiro atoms. The molecule has 0 bridgehead atoms. The van der Waals surface area contributed by atoms with Crippen LogP contribution in [-0.4, -0.2) is 28.5 Å². The number of carbonyl (C=O) groups is 1. The van der Waals surface area contributed by atoms with Gasteiger partial charge in [0.1, 0.15) is 12.4 Å². The zero-order valence-electron chi connectivity index (χ0n) is 16.3. The highest BCUT2D eigenvalue weighted by Gasteiger charge is 2.21. The molecule has 2 aromatic carbocycles. The lowest BCUT2D eigenvalue weighted by molar-refractivity contribution is -0.116. The van der Waals surface area contributed by atoms with Crippen molar-refractivity contribution in [1.82, 2.24) is 9.55 Å². The molecule has 0 saturated carbocycles. The first-order valence-corrected chi connectivity index (χ1v) is 10.2. The van der Waals surface area contributed by atoms with Crippen LogP contribution >= 0.6 is 11.6 Å². The highest BCUT2D eigenvalue weighted by atomic mass is 35.5. The fraction of sp³-hybridized carbons (Fsp3) is 0.318. The van der Waals surface area contributed by atoms with Crippen LogP contribution in [-0.2, 0) is 11.3 Å². The first-order chi connectivity index (χ1) is 14.0. The van der Waals surface area contributed by atoms with E-state index in [0.717, 1.165) is 24.9 Å². The molecule has 7 heteroatoms. The van der Waals surface area contributed by atoms with E-state index in [2.05, 4.69) is 22.1 Å². The molecule has 150 valence electrons. The summed E-state index contributed by atoms with van der Waals surface area (Å²) in [4.78, 5) is 31.9. The Morgan fingerprint density at radius 1 is 1.21 bits per heavy atom. The third kappa shape index (κ3) is 4.27. The van der Waals surface area contributed by atoms with Gasteiger partial charge >= 0.3 is 5.69 Å². The Hall–Kier alpha value is -2.86. The lowest BCUT2D eigenvalue weighted by Gasteiger charge is -2.32. The van der Waals surface area contributed by atoms with E-state index in [0.29, 0.717) is 28.0 Å². The van der Waals surface area contributed by atoms with Crippen molar-refractivity contribution in [2.45, 2.75) is 26.3 Å². The van der Waals surface area contributed by atoms with Crippen LogP contribution < -0.4 is 15.9 Å². The summed E-state index contributed by atoms with van der Waals surface area (Å²) in [5.41, 5.74) is 0.929. The van der Waals surface area contributed by atoms with Gasteiger partial charge in [0.2, 0.25) is 5.91 Å². The van der Waals surface area contributed by atoms with Crippen molar-refractivity contribution in [3.05, 3.63) is 64.0 Å². The summed E-state index contributed by atoms with van der Waals surface area (Å²) in [5, 5.41) is 4.28. The molecular formula is C22H23ClN4O2. The molecule has 1 aliphatic heterocycles. The Balaban J connectivity index is 1.65. The van der Waals surface area contributed by atoms with Crippen molar-refractivity contribution < 1.29 is 4.79 Å². The van der Waals surface area contributed by atoms with Crippen LogP contribution in [0.2, 0.25) is 5.02 Å². The van der Waals surface area contributed by atoms with Crippen LogP contribution in [0.25, 0.3) is 10.9 Å². The van der Waals surface area contributed by atoms with Crippen LogP contribution in [0, 0.1) is 5.92 Å². The van der Waals surface area contributed by atoms with E-state index in [1.54, 1.807) is 24.3 Å². The maximum absolute atomic E-state index is 12.8. The van der Waals surface area contributed by atoms with Crippen molar-refractivity contribution in [3.63, 3.8) is 0 Å². The van der Waals surface area contributed by atoms with Crippen LogP contribution in [0.5, 0.6) is 0 Å².